The molecule has 1 aliphatic heterocycles. The zero-order valence-corrected chi connectivity index (χ0v) is 12.5. The number of hydrogen-bond acceptors (Lipinski definition) is 5. The summed E-state index contributed by atoms with van der Waals surface area (Å²) in [6.45, 7) is 0.848. The van der Waals surface area contributed by atoms with E-state index in [4.69, 9.17) is 10.7 Å². The number of aryl methyl sites for hydroxylation is 1. The molecular formula is C16H16N6O. The fourth-order valence-corrected chi connectivity index (χ4v) is 3.51. The molecule has 2 N–H and O–H groups in total. The van der Waals surface area contributed by atoms with Gasteiger partial charge in [0.25, 0.3) is 0 Å². The van der Waals surface area contributed by atoms with Crippen molar-refractivity contribution >= 4 is 16.9 Å². The molecule has 0 saturated heterocycles. The van der Waals surface area contributed by atoms with Crippen LogP contribution in [0, 0.1) is 0 Å². The van der Waals surface area contributed by atoms with E-state index in [2.05, 4.69) is 14.5 Å². The van der Waals surface area contributed by atoms with Crippen LogP contribution in [0.4, 0.5) is 5.82 Å². The molecule has 23 heavy (non-hydrogen) atoms. The van der Waals surface area contributed by atoms with Gasteiger partial charge in [0.1, 0.15) is 11.5 Å². The highest BCUT2D eigenvalue weighted by Crippen LogP contribution is 2.40. The Balaban J connectivity index is 1.80. The van der Waals surface area contributed by atoms with Crippen LogP contribution in [-0.2, 0) is 6.54 Å². The number of rotatable bonds is 2. The molecule has 7 nitrogen and oxygen atoms in total. The summed E-state index contributed by atoms with van der Waals surface area (Å²) < 4.78 is 3.77. The van der Waals surface area contributed by atoms with Gasteiger partial charge in [0.15, 0.2) is 0 Å². The molecule has 0 radical (unpaired) electrons. The maximum Gasteiger partial charge on any atom is 0.351 e. The van der Waals surface area contributed by atoms with E-state index in [1.165, 1.54) is 12.8 Å². The van der Waals surface area contributed by atoms with Crippen LogP contribution in [0.25, 0.3) is 11.0 Å². The van der Waals surface area contributed by atoms with E-state index in [0.717, 1.165) is 29.7 Å². The number of nitrogens with zero attached hydrogens (tertiary/aromatic N) is 5. The standard InChI is InChI=1S/C16H16N6O/c17-14-10-3-4-11(9-1-2-9)19-15(10)22(16(23)20-14)12-5-6-21-8-18-7-13(12)21/h3-4,7-9,12H,1-2,5-6H2,(H2,17,20,23). The maximum absolute atomic E-state index is 12.6. The minimum Gasteiger partial charge on any atom is -0.383 e. The molecule has 2 aliphatic rings. The predicted octanol–water partition coefficient (Wildman–Crippen LogP) is 1.44. The van der Waals surface area contributed by atoms with Crippen LogP contribution >= 0.6 is 0 Å². The van der Waals surface area contributed by atoms with Crippen LogP contribution in [0.2, 0.25) is 0 Å². The van der Waals surface area contributed by atoms with Crippen LogP contribution in [0.3, 0.4) is 0 Å². The van der Waals surface area contributed by atoms with Gasteiger partial charge >= 0.3 is 5.69 Å². The number of nitrogen functional groups attached to an aromatic ring is 1. The summed E-state index contributed by atoms with van der Waals surface area (Å²) in [5.41, 5.74) is 8.34. The largest absolute Gasteiger partial charge is 0.383 e. The lowest BCUT2D eigenvalue weighted by molar-refractivity contribution is 0.559. The SMILES string of the molecule is Nc1nc(=O)n(C2CCn3cncc32)c2nc(C3CC3)ccc12. The molecule has 1 aliphatic carbocycles. The summed E-state index contributed by atoms with van der Waals surface area (Å²) in [5, 5.41) is 0.743. The van der Waals surface area contributed by atoms with Crippen LogP contribution in [0.5, 0.6) is 0 Å². The average molecular weight is 308 g/mol. The van der Waals surface area contributed by atoms with E-state index in [1.807, 2.05) is 18.3 Å². The number of aromatic nitrogens is 5. The number of imidazole rings is 1. The molecule has 1 atom stereocenters. The Bertz CT molecular complexity index is 984. The fraction of sp³-hybridized carbons (Fsp3) is 0.375. The molecule has 3 aromatic heterocycles. The molecule has 3 aromatic rings. The van der Waals surface area contributed by atoms with E-state index in [1.54, 1.807) is 10.9 Å². The Morgan fingerprint density at radius 2 is 2.04 bits per heavy atom. The van der Waals surface area contributed by atoms with Crippen LogP contribution < -0.4 is 11.4 Å². The first-order valence-corrected chi connectivity index (χ1v) is 7.91. The minimum absolute atomic E-state index is 0.0810. The average Bonchev–Trinajstić information content (AvgIpc) is 3.16. The fourth-order valence-electron chi connectivity index (χ4n) is 3.51. The highest BCUT2D eigenvalue weighted by Gasteiger charge is 2.29. The smallest absolute Gasteiger partial charge is 0.351 e. The summed E-state index contributed by atoms with van der Waals surface area (Å²) in [4.78, 5) is 25.5. The van der Waals surface area contributed by atoms with Gasteiger partial charge < -0.3 is 10.3 Å². The van der Waals surface area contributed by atoms with E-state index in [0.29, 0.717) is 11.6 Å². The van der Waals surface area contributed by atoms with Crippen molar-refractivity contribution in [3.63, 3.8) is 0 Å². The summed E-state index contributed by atoms with van der Waals surface area (Å²) in [6.07, 6.45) is 6.79. The summed E-state index contributed by atoms with van der Waals surface area (Å²) >= 11 is 0. The summed E-state index contributed by atoms with van der Waals surface area (Å²) in [7, 11) is 0. The zero-order valence-electron chi connectivity index (χ0n) is 12.5. The highest BCUT2D eigenvalue weighted by molar-refractivity contribution is 5.85. The molecule has 0 bridgehead atoms. The summed E-state index contributed by atoms with van der Waals surface area (Å²) in [6, 6.07) is 3.87. The van der Waals surface area contributed by atoms with Gasteiger partial charge in [-0.15, -0.1) is 0 Å². The molecule has 116 valence electrons. The monoisotopic (exact) mass is 308 g/mol. The van der Waals surface area contributed by atoms with Gasteiger partial charge in [-0.1, -0.05) is 0 Å². The third-order valence-electron chi connectivity index (χ3n) is 4.86. The third kappa shape index (κ3) is 1.82. The van der Waals surface area contributed by atoms with Crippen molar-refractivity contribution in [1.82, 2.24) is 24.1 Å². The first kappa shape index (κ1) is 12.8. The van der Waals surface area contributed by atoms with Gasteiger partial charge in [-0.3, -0.25) is 4.57 Å². The van der Waals surface area contributed by atoms with Gasteiger partial charge in [-0.2, -0.15) is 4.98 Å². The zero-order chi connectivity index (χ0) is 15.6. The van der Waals surface area contributed by atoms with E-state index >= 15 is 0 Å². The summed E-state index contributed by atoms with van der Waals surface area (Å²) in [5.74, 6) is 0.772. The van der Waals surface area contributed by atoms with Crippen molar-refractivity contribution in [3.05, 3.63) is 46.5 Å². The topological polar surface area (TPSA) is 91.6 Å². The Labute approximate surface area is 131 Å². The van der Waals surface area contributed by atoms with Crippen LogP contribution in [0.15, 0.2) is 29.5 Å². The van der Waals surface area contributed by atoms with Crippen molar-refractivity contribution in [2.24, 2.45) is 0 Å². The number of pyridine rings is 1. The van der Waals surface area contributed by atoms with Gasteiger partial charge in [-0.05, 0) is 31.4 Å². The minimum atomic E-state index is -0.338. The first-order chi connectivity index (χ1) is 11.2. The predicted molar refractivity (Wildman–Crippen MR) is 85.2 cm³/mol. The molecule has 0 amide bonds. The van der Waals surface area contributed by atoms with Crippen molar-refractivity contribution in [2.45, 2.75) is 37.8 Å². The molecule has 1 unspecified atom stereocenters. The Hall–Kier alpha value is -2.70. The second-order valence-electron chi connectivity index (χ2n) is 6.35. The molecule has 1 fully saturated rings. The molecule has 7 heteroatoms. The van der Waals surface area contributed by atoms with Crippen molar-refractivity contribution < 1.29 is 0 Å². The van der Waals surface area contributed by atoms with Crippen molar-refractivity contribution in [1.29, 1.82) is 0 Å². The molecule has 0 aromatic carbocycles. The lowest BCUT2D eigenvalue weighted by Crippen LogP contribution is -2.29. The van der Waals surface area contributed by atoms with Crippen LogP contribution in [0.1, 0.15) is 42.6 Å². The highest BCUT2D eigenvalue weighted by atomic mass is 16.1. The molecule has 5 rings (SSSR count). The molecule has 4 heterocycles. The lowest BCUT2D eigenvalue weighted by Gasteiger charge is -2.16. The Morgan fingerprint density at radius 3 is 2.87 bits per heavy atom. The van der Waals surface area contributed by atoms with Crippen LogP contribution in [-0.4, -0.2) is 24.1 Å². The van der Waals surface area contributed by atoms with E-state index in [-0.39, 0.29) is 17.5 Å². The van der Waals surface area contributed by atoms with Gasteiger partial charge in [0.2, 0.25) is 0 Å². The number of anilines is 1. The Morgan fingerprint density at radius 1 is 1.17 bits per heavy atom. The third-order valence-corrected chi connectivity index (χ3v) is 4.86. The molecule has 0 spiro atoms. The van der Waals surface area contributed by atoms with Gasteiger partial charge in [0.05, 0.1) is 29.6 Å². The second-order valence-corrected chi connectivity index (χ2v) is 6.35. The second kappa shape index (κ2) is 4.41. The van der Waals surface area contributed by atoms with Gasteiger partial charge in [0, 0.05) is 18.2 Å². The molecule has 1 saturated carbocycles. The van der Waals surface area contributed by atoms with E-state index in [9.17, 15) is 4.79 Å². The van der Waals surface area contributed by atoms with Crippen molar-refractivity contribution in [3.8, 4) is 0 Å². The number of hydrogen-bond donors (Lipinski definition) is 1. The Kier molecular flexibility index (Phi) is 2.45. The number of nitrogens with two attached hydrogens (primary N) is 1. The lowest BCUT2D eigenvalue weighted by atomic mass is 10.1. The maximum atomic E-state index is 12.6. The normalized spacial score (nSPS) is 20.1. The number of fused-ring (bicyclic) bond motifs is 2. The van der Waals surface area contributed by atoms with E-state index < -0.39 is 0 Å². The van der Waals surface area contributed by atoms with Gasteiger partial charge in [-0.25, -0.2) is 14.8 Å². The molecular weight excluding hydrogens is 292 g/mol. The van der Waals surface area contributed by atoms with Crippen molar-refractivity contribution in [2.75, 3.05) is 5.73 Å². The quantitative estimate of drug-likeness (QED) is 0.773. The first-order valence-electron chi connectivity index (χ1n) is 7.91.